The number of nitrogens with one attached hydrogen (secondary N) is 1. The van der Waals surface area contributed by atoms with Crippen molar-refractivity contribution in [3.05, 3.63) is 89.5 Å². The lowest BCUT2D eigenvalue weighted by atomic mass is 10.0. The van der Waals surface area contributed by atoms with Crippen LogP contribution < -0.4 is 4.90 Å². The first-order chi connectivity index (χ1) is 16.6. The molecule has 0 aliphatic carbocycles. The molecule has 0 saturated heterocycles. The minimum absolute atomic E-state index is 0.184. The monoisotopic (exact) mass is 467 g/mol. The summed E-state index contributed by atoms with van der Waals surface area (Å²) in [4.78, 5) is 23.4. The van der Waals surface area contributed by atoms with Crippen LogP contribution in [0.25, 0.3) is 22.5 Å². The van der Waals surface area contributed by atoms with E-state index in [9.17, 15) is 4.79 Å². The first-order valence-corrected chi connectivity index (χ1v) is 12.8. The molecule has 3 aromatic carbocycles. The van der Waals surface area contributed by atoms with Crippen LogP contribution in [0.1, 0.15) is 29.5 Å². The van der Waals surface area contributed by atoms with Gasteiger partial charge in [0.25, 0.3) is 0 Å². The number of thioether (sulfide) groups is 1. The number of fused-ring (bicyclic) bond motifs is 1. The highest BCUT2D eigenvalue weighted by Crippen LogP contribution is 2.33. The summed E-state index contributed by atoms with van der Waals surface area (Å²) in [5.41, 5.74) is 8.96. The third kappa shape index (κ3) is 4.80. The lowest BCUT2D eigenvalue weighted by Crippen LogP contribution is -2.35. The number of rotatable bonds is 6. The van der Waals surface area contributed by atoms with Crippen LogP contribution in [-0.2, 0) is 11.2 Å². The van der Waals surface area contributed by atoms with Gasteiger partial charge in [0.15, 0.2) is 5.16 Å². The molecule has 1 aromatic heterocycles. The fourth-order valence-electron chi connectivity index (χ4n) is 4.43. The number of para-hydroxylation sites is 1. The molecule has 5 heteroatoms. The van der Waals surface area contributed by atoms with Gasteiger partial charge in [0.2, 0.25) is 5.91 Å². The minimum atomic E-state index is 0.184. The van der Waals surface area contributed by atoms with Crippen LogP contribution in [0.2, 0.25) is 0 Å². The maximum absolute atomic E-state index is 13.0. The third-order valence-electron chi connectivity index (χ3n) is 6.31. The standard InChI is InChI=1S/C29H29N3OS/c1-20-9-13-23(14-10-20)27-28(24-15-11-21(2)12-16-24)31-29(30-27)34-19-17-26(33)32-18-5-7-22-6-3-4-8-25(22)32/h3-4,6,8-16H,5,7,17-19H2,1-2H3,(H,30,31). The fourth-order valence-corrected chi connectivity index (χ4v) is 5.23. The van der Waals surface area contributed by atoms with Gasteiger partial charge in [-0.15, -0.1) is 0 Å². The van der Waals surface area contributed by atoms with Crippen LogP contribution in [-0.4, -0.2) is 28.2 Å². The zero-order valence-electron chi connectivity index (χ0n) is 19.7. The van der Waals surface area contributed by atoms with E-state index in [1.54, 1.807) is 11.8 Å². The second kappa shape index (κ2) is 9.90. The molecule has 0 radical (unpaired) electrons. The van der Waals surface area contributed by atoms with E-state index >= 15 is 0 Å². The van der Waals surface area contributed by atoms with Gasteiger partial charge in [0.1, 0.15) is 0 Å². The van der Waals surface area contributed by atoms with Gasteiger partial charge >= 0.3 is 0 Å². The molecule has 1 aliphatic rings. The summed E-state index contributed by atoms with van der Waals surface area (Å²) in [5.74, 6) is 0.870. The lowest BCUT2D eigenvalue weighted by Gasteiger charge is -2.29. The van der Waals surface area contributed by atoms with E-state index in [1.165, 1.54) is 16.7 Å². The van der Waals surface area contributed by atoms with E-state index in [1.807, 2.05) is 11.0 Å². The number of hydrogen-bond donors (Lipinski definition) is 1. The maximum atomic E-state index is 13.0. The van der Waals surface area contributed by atoms with Crippen LogP contribution in [0.15, 0.2) is 78.0 Å². The van der Waals surface area contributed by atoms with E-state index in [0.29, 0.717) is 12.2 Å². The summed E-state index contributed by atoms with van der Waals surface area (Å²) in [7, 11) is 0. The summed E-state index contributed by atoms with van der Waals surface area (Å²) in [6.07, 6.45) is 2.55. The molecule has 34 heavy (non-hydrogen) atoms. The Labute approximate surface area is 205 Å². The normalized spacial score (nSPS) is 13.1. The number of aromatic amines is 1. The number of anilines is 1. The Morgan fingerprint density at radius 3 is 2.35 bits per heavy atom. The first kappa shape index (κ1) is 22.5. The van der Waals surface area contributed by atoms with Crippen molar-refractivity contribution in [2.24, 2.45) is 0 Å². The Hall–Kier alpha value is -3.31. The second-order valence-corrected chi connectivity index (χ2v) is 9.96. The molecule has 1 aliphatic heterocycles. The SMILES string of the molecule is Cc1ccc(-c2nc(SCCC(=O)N3CCCc4ccccc43)[nH]c2-c2ccc(C)cc2)cc1. The summed E-state index contributed by atoms with van der Waals surface area (Å²) < 4.78 is 0. The Balaban J connectivity index is 1.33. The number of benzene rings is 3. The summed E-state index contributed by atoms with van der Waals surface area (Å²) in [5, 5.41) is 0.845. The van der Waals surface area contributed by atoms with Gasteiger partial charge in [-0.05, 0) is 38.3 Å². The van der Waals surface area contributed by atoms with Gasteiger partial charge in [-0.25, -0.2) is 4.98 Å². The number of aryl methyl sites for hydroxylation is 3. The van der Waals surface area contributed by atoms with Gasteiger partial charge in [-0.1, -0.05) is 89.6 Å². The number of H-pyrrole nitrogens is 1. The summed E-state index contributed by atoms with van der Waals surface area (Å²) >= 11 is 1.61. The van der Waals surface area contributed by atoms with E-state index in [-0.39, 0.29) is 5.91 Å². The Morgan fingerprint density at radius 2 is 1.62 bits per heavy atom. The van der Waals surface area contributed by atoms with Crippen molar-refractivity contribution >= 4 is 23.4 Å². The van der Waals surface area contributed by atoms with E-state index in [2.05, 4.69) is 85.6 Å². The predicted octanol–water partition coefficient (Wildman–Crippen LogP) is 6.82. The van der Waals surface area contributed by atoms with Crippen molar-refractivity contribution in [2.75, 3.05) is 17.2 Å². The van der Waals surface area contributed by atoms with E-state index < -0.39 is 0 Å². The van der Waals surface area contributed by atoms with Gasteiger partial charge in [-0.3, -0.25) is 4.79 Å². The number of aromatic nitrogens is 2. The molecule has 0 unspecified atom stereocenters. The molecular weight excluding hydrogens is 438 g/mol. The molecule has 1 N–H and O–H groups in total. The van der Waals surface area contributed by atoms with E-state index in [4.69, 9.17) is 4.98 Å². The highest BCUT2D eigenvalue weighted by Gasteiger charge is 2.22. The number of carbonyl (C=O) groups is 1. The molecule has 5 rings (SSSR count). The number of nitrogens with zero attached hydrogens (tertiary/aromatic N) is 2. The van der Waals surface area contributed by atoms with Gasteiger partial charge in [0.05, 0.1) is 11.4 Å². The molecule has 0 spiro atoms. The lowest BCUT2D eigenvalue weighted by molar-refractivity contribution is -0.118. The maximum Gasteiger partial charge on any atom is 0.227 e. The fraction of sp³-hybridized carbons (Fsp3) is 0.241. The average Bonchev–Trinajstić information content (AvgIpc) is 3.28. The van der Waals surface area contributed by atoms with Crippen LogP contribution in [0.4, 0.5) is 5.69 Å². The number of hydrogen-bond acceptors (Lipinski definition) is 3. The summed E-state index contributed by atoms with van der Waals surface area (Å²) in [6.45, 7) is 4.99. The second-order valence-electron chi connectivity index (χ2n) is 8.87. The smallest absolute Gasteiger partial charge is 0.227 e. The molecule has 0 atom stereocenters. The molecule has 4 aromatic rings. The number of imidazole rings is 1. The van der Waals surface area contributed by atoms with Gasteiger partial charge in [-0.2, -0.15) is 0 Å². The van der Waals surface area contributed by atoms with Crippen LogP contribution in [0.3, 0.4) is 0 Å². The van der Waals surface area contributed by atoms with Crippen LogP contribution in [0.5, 0.6) is 0 Å². The summed E-state index contributed by atoms with van der Waals surface area (Å²) in [6, 6.07) is 25.2. The quantitative estimate of drug-likeness (QED) is 0.317. The largest absolute Gasteiger partial charge is 0.332 e. The zero-order valence-corrected chi connectivity index (χ0v) is 20.5. The molecular formula is C29H29N3OS. The molecule has 4 nitrogen and oxygen atoms in total. The highest BCUT2D eigenvalue weighted by atomic mass is 32.2. The van der Waals surface area contributed by atoms with Crippen molar-refractivity contribution in [2.45, 2.75) is 38.3 Å². The topological polar surface area (TPSA) is 49.0 Å². The predicted molar refractivity (Wildman–Crippen MR) is 141 cm³/mol. The van der Waals surface area contributed by atoms with Gasteiger partial charge in [0, 0.05) is 35.5 Å². The van der Waals surface area contributed by atoms with E-state index in [0.717, 1.165) is 52.7 Å². The molecule has 1 amide bonds. The molecule has 2 heterocycles. The number of carbonyl (C=O) groups excluding carboxylic acids is 1. The third-order valence-corrected chi connectivity index (χ3v) is 7.19. The van der Waals surface area contributed by atoms with Crippen molar-refractivity contribution in [3.8, 4) is 22.5 Å². The molecule has 172 valence electrons. The van der Waals surface area contributed by atoms with Crippen molar-refractivity contribution in [3.63, 3.8) is 0 Å². The average molecular weight is 468 g/mol. The Morgan fingerprint density at radius 1 is 0.941 bits per heavy atom. The van der Waals surface area contributed by atoms with Crippen molar-refractivity contribution in [1.82, 2.24) is 9.97 Å². The van der Waals surface area contributed by atoms with Crippen molar-refractivity contribution in [1.29, 1.82) is 0 Å². The van der Waals surface area contributed by atoms with Crippen LogP contribution in [0, 0.1) is 13.8 Å². The van der Waals surface area contributed by atoms with Crippen LogP contribution >= 0.6 is 11.8 Å². The zero-order chi connectivity index (χ0) is 23.5. The molecule has 0 bridgehead atoms. The minimum Gasteiger partial charge on any atom is -0.332 e. The molecule has 0 fully saturated rings. The van der Waals surface area contributed by atoms with Gasteiger partial charge < -0.3 is 9.88 Å². The molecule has 0 saturated carbocycles. The Bertz CT molecular complexity index is 1230. The highest BCUT2D eigenvalue weighted by molar-refractivity contribution is 7.99. The Kier molecular flexibility index (Phi) is 6.54. The van der Waals surface area contributed by atoms with Crippen molar-refractivity contribution < 1.29 is 4.79 Å². The first-order valence-electron chi connectivity index (χ1n) is 11.8. The number of amides is 1.